The van der Waals surface area contributed by atoms with Gasteiger partial charge in [-0.1, -0.05) is 18.2 Å². The summed E-state index contributed by atoms with van der Waals surface area (Å²) >= 11 is 0. The molecule has 1 atom stereocenters. The van der Waals surface area contributed by atoms with Gasteiger partial charge >= 0.3 is 0 Å². The number of benzene rings is 1. The van der Waals surface area contributed by atoms with Crippen LogP contribution in [0.4, 0.5) is 0 Å². The molecule has 1 N–H and O–H groups in total. The Morgan fingerprint density at radius 3 is 2.85 bits per heavy atom. The van der Waals surface area contributed by atoms with Crippen LogP contribution in [-0.4, -0.2) is 33.7 Å². The molecule has 0 radical (unpaired) electrons. The topological polar surface area (TPSA) is 72.9 Å². The Morgan fingerprint density at radius 2 is 2.00 bits per heavy atom. The van der Waals surface area contributed by atoms with E-state index in [1.54, 1.807) is 25.7 Å². The van der Waals surface area contributed by atoms with Crippen LogP contribution in [0.5, 0.6) is 11.5 Å². The zero-order valence-electron chi connectivity index (χ0n) is 14.8. The van der Waals surface area contributed by atoms with Crippen molar-refractivity contribution >= 4 is 11.2 Å². The number of aromatic amines is 1. The van der Waals surface area contributed by atoms with E-state index >= 15 is 0 Å². The van der Waals surface area contributed by atoms with Crippen molar-refractivity contribution in [2.45, 2.75) is 12.3 Å². The maximum atomic E-state index is 5.92. The molecule has 0 saturated carbocycles. The van der Waals surface area contributed by atoms with Gasteiger partial charge in [0.2, 0.25) is 0 Å². The fraction of sp³-hybridized carbons (Fsp3) is 0.190. The predicted octanol–water partition coefficient (Wildman–Crippen LogP) is 3.75. The van der Waals surface area contributed by atoms with Crippen molar-refractivity contribution < 1.29 is 9.47 Å². The Bertz CT molecular complexity index is 1110. The first-order valence-corrected chi connectivity index (χ1v) is 8.87. The van der Waals surface area contributed by atoms with E-state index in [0.29, 0.717) is 12.3 Å². The first kappa shape index (κ1) is 15.8. The van der Waals surface area contributed by atoms with Gasteiger partial charge in [0.25, 0.3) is 0 Å². The van der Waals surface area contributed by atoms with E-state index in [4.69, 9.17) is 14.5 Å². The van der Waals surface area contributed by atoms with Crippen LogP contribution in [0.1, 0.15) is 17.3 Å². The van der Waals surface area contributed by atoms with Crippen molar-refractivity contribution in [3.63, 3.8) is 0 Å². The molecule has 0 spiro atoms. The van der Waals surface area contributed by atoms with Crippen LogP contribution in [0, 0.1) is 0 Å². The van der Waals surface area contributed by atoms with Gasteiger partial charge in [-0.05, 0) is 35.7 Å². The number of ether oxygens (including phenoxy) is 2. The third kappa shape index (κ3) is 2.70. The highest BCUT2D eigenvalue weighted by Gasteiger charge is 2.25. The Morgan fingerprint density at radius 1 is 1.15 bits per heavy atom. The van der Waals surface area contributed by atoms with E-state index in [2.05, 4.69) is 21.0 Å². The fourth-order valence-electron chi connectivity index (χ4n) is 3.60. The lowest BCUT2D eigenvalue weighted by atomic mass is 9.96. The Hall–Kier alpha value is -3.41. The SMILES string of the molecule is COc1c(-c2ccncc2)cnc2nc(C3COc4ccccc4C3)[nH]c12. The number of fused-ring (bicyclic) bond motifs is 2. The summed E-state index contributed by atoms with van der Waals surface area (Å²) in [6.07, 6.45) is 6.20. The number of rotatable bonds is 3. The zero-order chi connectivity index (χ0) is 18.2. The highest BCUT2D eigenvalue weighted by Crippen LogP contribution is 2.36. The number of nitrogens with zero attached hydrogens (tertiary/aromatic N) is 3. The second-order valence-electron chi connectivity index (χ2n) is 6.58. The minimum absolute atomic E-state index is 0.156. The van der Waals surface area contributed by atoms with Gasteiger partial charge in [-0.3, -0.25) is 4.98 Å². The Balaban J connectivity index is 1.56. The molecule has 5 rings (SSSR count). The average Bonchev–Trinajstić information content (AvgIpc) is 3.17. The maximum Gasteiger partial charge on any atom is 0.181 e. The number of nitrogens with one attached hydrogen (secondary N) is 1. The molecule has 1 aromatic carbocycles. The summed E-state index contributed by atoms with van der Waals surface area (Å²) in [5.74, 6) is 2.72. The average molecular weight is 358 g/mol. The molecular weight excluding hydrogens is 340 g/mol. The van der Waals surface area contributed by atoms with Crippen molar-refractivity contribution in [1.29, 1.82) is 0 Å². The van der Waals surface area contributed by atoms with Gasteiger partial charge in [-0.2, -0.15) is 0 Å². The van der Waals surface area contributed by atoms with Gasteiger partial charge in [0.15, 0.2) is 11.4 Å². The molecule has 4 aromatic rings. The lowest BCUT2D eigenvalue weighted by Crippen LogP contribution is -2.20. The van der Waals surface area contributed by atoms with Crippen LogP contribution >= 0.6 is 0 Å². The van der Waals surface area contributed by atoms with Crippen molar-refractivity contribution in [3.8, 4) is 22.6 Å². The van der Waals surface area contributed by atoms with E-state index < -0.39 is 0 Å². The zero-order valence-corrected chi connectivity index (χ0v) is 14.8. The molecule has 0 amide bonds. The number of aromatic nitrogens is 4. The van der Waals surface area contributed by atoms with E-state index in [-0.39, 0.29) is 5.92 Å². The lowest BCUT2D eigenvalue weighted by Gasteiger charge is -2.23. The minimum atomic E-state index is 0.156. The third-order valence-corrected chi connectivity index (χ3v) is 4.95. The standard InChI is InChI=1S/C21H18N4O2/c1-26-19-16(13-6-8-22-9-7-13)11-23-21-18(19)24-20(25-21)15-10-14-4-2-3-5-17(14)27-12-15/h2-9,11,15H,10,12H2,1H3,(H,23,24,25). The van der Waals surface area contributed by atoms with Crippen LogP contribution in [0.2, 0.25) is 0 Å². The Kier molecular flexibility index (Phi) is 3.74. The summed E-state index contributed by atoms with van der Waals surface area (Å²) < 4.78 is 11.6. The predicted molar refractivity (Wildman–Crippen MR) is 102 cm³/mol. The molecule has 1 unspecified atom stereocenters. The number of pyridine rings is 2. The number of hydrogen-bond donors (Lipinski definition) is 1. The molecule has 6 nitrogen and oxygen atoms in total. The smallest absolute Gasteiger partial charge is 0.181 e. The molecule has 3 aromatic heterocycles. The molecule has 0 bridgehead atoms. The molecule has 4 heterocycles. The maximum absolute atomic E-state index is 5.92. The van der Waals surface area contributed by atoms with Crippen LogP contribution in [-0.2, 0) is 6.42 Å². The summed E-state index contributed by atoms with van der Waals surface area (Å²) in [7, 11) is 1.67. The van der Waals surface area contributed by atoms with Gasteiger partial charge in [0, 0.05) is 24.2 Å². The molecule has 1 aliphatic heterocycles. The van der Waals surface area contributed by atoms with Crippen molar-refractivity contribution in [1.82, 2.24) is 19.9 Å². The van der Waals surface area contributed by atoms with Crippen LogP contribution in [0.3, 0.4) is 0 Å². The number of hydrogen-bond acceptors (Lipinski definition) is 5. The first-order chi connectivity index (χ1) is 13.3. The van der Waals surface area contributed by atoms with Crippen molar-refractivity contribution in [3.05, 3.63) is 66.4 Å². The van der Waals surface area contributed by atoms with Gasteiger partial charge < -0.3 is 14.5 Å². The highest BCUT2D eigenvalue weighted by molar-refractivity contribution is 5.87. The second-order valence-corrected chi connectivity index (χ2v) is 6.58. The normalized spacial score (nSPS) is 16.0. The lowest BCUT2D eigenvalue weighted by molar-refractivity contribution is 0.258. The van der Waals surface area contributed by atoms with Gasteiger partial charge in [-0.25, -0.2) is 9.97 Å². The molecule has 0 aliphatic carbocycles. The third-order valence-electron chi connectivity index (χ3n) is 4.95. The molecule has 0 fully saturated rings. The highest BCUT2D eigenvalue weighted by atomic mass is 16.5. The number of methoxy groups -OCH3 is 1. The minimum Gasteiger partial charge on any atom is -0.494 e. The largest absolute Gasteiger partial charge is 0.494 e. The van der Waals surface area contributed by atoms with Crippen molar-refractivity contribution in [2.24, 2.45) is 0 Å². The van der Waals surface area contributed by atoms with Gasteiger partial charge in [0.1, 0.15) is 17.1 Å². The number of para-hydroxylation sites is 1. The van der Waals surface area contributed by atoms with Crippen molar-refractivity contribution in [2.75, 3.05) is 13.7 Å². The summed E-state index contributed by atoms with van der Waals surface area (Å²) in [4.78, 5) is 16.8. The first-order valence-electron chi connectivity index (χ1n) is 8.87. The molecule has 27 heavy (non-hydrogen) atoms. The van der Waals surface area contributed by atoms with Crippen LogP contribution in [0.25, 0.3) is 22.3 Å². The summed E-state index contributed by atoms with van der Waals surface area (Å²) in [6.45, 7) is 0.594. The Labute approximate surface area is 156 Å². The van der Waals surface area contributed by atoms with E-state index in [1.165, 1.54) is 5.56 Å². The molecule has 134 valence electrons. The molecule has 0 saturated heterocycles. The monoisotopic (exact) mass is 358 g/mol. The van der Waals surface area contributed by atoms with E-state index in [1.807, 2.05) is 30.3 Å². The summed E-state index contributed by atoms with van der Waals surface area (Å²) in [5, 5.41) is 0. The summed E-state index contributed by atoms with van der Waals surface area (Å²) in [6, 6.07) is 12.0. The second kappa shape index (κ2) is 6.39. The van der Waals surface area contributed by atoms with Gasteiger partial charge in [0.05, 0.1) is 19.6 Å². The fourth-order valence-corrected chi connectivity index (χ4v) is 3.60. The van der Waals surface area contributed by atoms with Crippen LogP contribution < -0.4 is 9.47 Å². The molecule has 1 aliphatic rings. The number of H-pyrrole nitrogens is 1. The van der Waals surface area contributed by atoms with E-state index in [9.17, 15) is 0 Å². The molecule has 6 heteroatoms. The summed E-state index contributed by atoms with van der Waals surface area (Å²) in [5.41, 5.74) is 4.57. The van der Waals surface area contributed by atoms with E-state index in [0.717, 1.165) is 40.4 Å². The van der Waals surface area contributed by atoms with Gasteiger partial charge in [-0.15, -0.1) is 0 Å². The quantitative estimate of drug-likeness (QED) is 0.604. The molecular formula is C21H18N4O2. The van der Waals surface area contributed by atoms with Crippen LogP contribution in [0.15, 0.2) is 55.0 Å². The number of imidazole rings is 1.